The lowest BCUT2D eigenvalue weighted by molar-refractivity contribution is -0.360. The molecule has 0 radical (unpaired) electrons. The Kier molecular flexibility index (Phi) is 8.73. The number of ether oxygens (including phenoxy) is 3. The maximum Gasteiger partial charge on any atom is 0.468 e. The Labute approximate surface area is 232 Å². The standard InChI is InChI=1S/C25H33F7O8S/c26-22(27,25(31,32)41(35,36)37)7-4-8-38-23(24(28,29)30,20(34)39-18-5-2-1-3-6-18)40-19(33)21-12-15-9-16(13-21)11-17(10-15)14-21/h15-18H,1-14H2,(H,35,36,37). The normalized spacial score (nSPS) is 30.6. The highest BCUT2D eigenvalue weighted by molar-refractivity contribution is 7.87. The summed E-state index contributed by atoms with van der Waals surface area (Å²) < 4.78 is 143. The van der Waals surface area contributed by atoms with Gasteiger partial charge < -0.3 is 14.2 Å². The van der Waals surface area contributed by atoms with Crippen LogP contribution in [0, 0.1) is 23.2 Å². The Morgan fingerprint density at radius 2 is 1.37 bits per heavy atom. The van der Waals surface area contributed by atoms with E-state index in [9.17, 15) is 48.7 Å². The van der Waals surface area contributed by atoms with E-state index in [1.807, 2.05) is 0 Å². The maximum atomic E-state index is 14.6. The molecule has 8 nitrogen and oxygen atoms in total. The predicted molar refractivity (Wildman–Crippen MR) is 125 cm³/mol. The van der Waals surface area contributed by atoms with Gasteiger partial charge in [0.25, 0.3) is 0 Å². The molecule has 5 saturated carbocycles. The highest BCUT2D eigenvalue weighted by Crippen LogP contribution is 2.61. The molecule has 16 heteroatoms. The third-order valence-corrected chi connectivity index (χ3v) is 9.81. The average molecular weight is 627 g/mol. The van der Waals surface area contributed by atoms with Gasteiger partial charge in [-0.1, -0.05) is 6.42 Å². The Morgan fingerprint density at radius 1 is 0.854 bits per heavy atom. The molecule has 5 aliphatic rings. The molecule has 0 amide bonds. The van der Waals surface area contributed by atoms with Crippen LogP contribution in [-0.4, -0.2) is 60.8 Å². The molecule has 0 aromatic heterocycles. The van der Waals surface area contributed by atoms with Crippen molar-refractivity contribution >= 4 is 22.1 Å². The lowest BCUT2D eigenvalue weighted by Gasteiger charge is -2.55. The summed E-state index contributed by atoms with van der Waals surface area (Å²) in [6.07, 6.45) is -4.44. The third kappa shape index (κ3) is 6.20. The summed E-state index contributed by atoms with van der Waals surface area (Å²) in [4.78, 5) is 26.6. The number of carbonyl (C=O) groups is 2. The fourth-order valence-electron chi connectivity index (χ4n) is 7.24. The van der Waals surface area contributed by atoms with E-state index in [4.69, 9.17) is 18.8 Å². The van der Waals surface area contributed by atoms with Gasteiger partial charge in [0.15, 0.2) is 0 Å². The van der Waals surface area contributed by atoms with E-state index < -0.39 is 76.2 Å². The summed E-state index contributed by atoms with van der Waals surface area (Å²) >= 11 is 0. The summed E-state index contributed by atoms with van der Waals surface area (Å²) in [5, 5.41) is -5.94. The number of carbonyl (C=O) groups excluding carboxylic acids is 2. The largest absolute Gasteiger partial charge is 0.468 e. The van der Waals surface area contributed by atoms with Crippen LogP contribution in [0.5, 0.6) is 0 Å². The summed E-state index contributed by atoms with van der Waals surface area (Å²) in [5.41, 5.74) is -1.29. The molecule has 0 aromatic carbocycles. The van der Waals surface area contributed by atoms with Gasteiger partial charge >= 0.3 is 45.2 Å². The van der Waals surface area contributed by atoms with E-state index in [0.717, 1.165) is 25.7 Å². The number of hydrogen-bond acceptors (Lipinski definition) is 7. The monoisotopic (exact) mass is 626 g/mol. The molecule has 1 N–H and O–H groups in total. The van der Waals surface area contributed by atoms with E-state index in [1.54, 1.807) is 0 Å². The second kappa shape index (κ2) is 11.1. The van der Waals surface area contributed by atoms with Crippen LogP contribution in [0.25, 0.3) is 0 Å². The second-order valence-corrected chi connectivity index (χ2v) is 13.5. The molecule has 1 atom stereocenters. The molecule has 5 fully saturated rings. The van der Waals surface area contributed by atoms with Crippen molar-refractivity contribution < 1.29 is 67.5 Å². The molecule has 0 spiro atoms. The first-order valence-electron chi connectivity index (χ1n) is 13.7. The Balaban J connectivity index is 1.56. The van der Waals surface area contributed by atoms with E-state index in [-0.39, 0.29) is 49.9 Å². The first-order valence-corrected chi connectivity index (χ1v) is 15.1. The lowest BCUT2D eigenvalue weighted by Crippen LogP contribution is -2.61. The van der Waals surface area contributed by atoms with Crippen molar-refractivity contribution in [3.8, 4) is 0 Å². The summed E-state index contributed by atoms with van der Waals surface area (Å²) in [7, 11) is -6.56. The summed E-state index contributed by atoms with van der Waals surface area (Å²) in [5.74, 6) is -12.9. The Bertz CT molecular complexity index is 1070. The summed E-state index contributed by atoms with van der Waals surface area (Å²) in [6.45, 7) is -1.47. The van der Waals surface area contributed by atoms with Gasteiger partial charge in [-0.25, -0.2) is 4.79 Å². The van der Waals surface area contributed by atoms with Gasteiger partial charge in [0.05, 0.1) is 12.0 Å². The zero-order valence-corrected chi connectivity index (χ0v) is 22.9. The summed E-state index contributed by atoms with van der Waals surface area (Å²) in [6, 6.07) is 0. The van der Waals surface area contributed by atoms with Crippen LogP contribution in [0.3, 0.4) is 0 Å². The van der Waals surface area contributed by atoms with Crippen molar-refractivity contribution in [2.24, 2.45) is 23.2 Å². The first kappa shape index (κ1) is 32.2. The van der Waals surface area contributed by atoms with Gasteiger partial charge in [0.2, 0.25) is 0 Å². The third-order valence-electron chi connectivity index (χ3n) is 8.87. The quantitative estimate of drug-likeness (QED) is 0.101. The van der Waals surface area contributed by atoms with E-state index >= 15 is 0 Å². The van der Waals surface area contributed by atoms with Crippen LogP contribution in [-0.2, 0) is 33.9 Å². The van der Waals surface area contributed by atoms with Crippen molar-refractivity contribution in [3.63, 3.8) is 0 Å². The molecule has 41 heavy (non-hydrogen) atoms. The lowest BCUT2D eigenvalue weighted by atomic mass is 9.49. The molecule has 4 bridgehead atoms. The minimum atomic E-state index is -6.56. The van der Waals surface area contributed by atoms with Crippen molar-refractivity contribution in [3.05, 3.63) is 0 Å². The average Bonchev–Trinajstić information content (AvgIpc) is 2.84. The molecule has 0 saturated heterocycles. The highest BCUT2D eigenvalue weighted by Gasteiger charge is 2.70. The smallest absolute Gasteiger partial charge is 0.457 e. The predicted octanol–water partition coefficient (Wildman–Crippen LogP) is 5.79. The van der Waals surface area contributed by atoms with Crippen LogP contribution in [0.1, 0.15) is 83.5 Å². The highest BCUT2D eigenvalue weighted by atomic mass is 32.2. The number of esters is 2. The fourth-order valence-corrected chi connectivity index (χ4v) is 7.72. The number of halogens is 7. The van der Waals surface area contributed by atoms with Crippen LogP contribution < -0.4 is 0 Å². The van der Waals surface area contributed by atoms with Crippen molar-refractivity contribution in [2.75, 3.05) is 6.61 Å². The molecule has 0 aromatic rings. The molecular formula is C25H33F7O8S. The SMILES string of the molecule is O=C(OC(OCCCC(F)(F)C(F)(F)S(=O)(=O)O)(C(=O)OC1CCCCC1)C(F)(F)F)C12CC3CC(CC(C3)C1)C2. The van der Waals surface area contributed by atoms with E-state index in [1.165, 1.54) is 0 Å². The first-order chi connectivity index (χ1) is 18.8. The fraction of sp³-hybridized carbons (Fsp3) is 0.920. The van der Waals surface area contributed by atoms with Crippen molar-refractivity contribution in [2.45, 2.75) is 113 Å². The second-order valence-electron chi connectivity index (χ2n) is 12.0. The molecule has 5 aliphatic carbocycles. The zero-order chi connectivity index (χ0) is 30.5. The number of alkyl halides is 7. The van der Waals surface area contributed by atoms with Gasteiger partial charge in [-0.3, -0.25) is 9.35 Å². The topological polar surface area (TPSA) is 116 Å². The van der Waals surface area contributed by atoms with Crippen molar-refractivity contribution in [1.29, 1.82) is 0 Å². The van der Waals surface area contributed by atoms with Crippen LogP contribution >= 0.6 is 0 Å². The molecule has 0 heterocycles. The van der Waals surface area contributed by atoms with Crippen LogP contribution in [0.4, 0.5) is 30.7 Å². The van der Waals surface area contributed by atoms with Gasteiger partial charge in [0.1, 0.15) is 6.10 Å². The molecule has 1 unspecified atom stereocenters. The Morgan fingerprint density at radius 3 is 1.83 bits per heavy atom. The maximum absolute atomic E-state index is 14.6. The van der Waals surface area contributed by atoms with Gasteiger partial charge in [0, 0.05) is 6.42 Å². The molecule has 236 valence electrons. The molecular weight excluding hydrogens is 593 g/mol. The zero-order valence-electron chi connectivity index (χ0n) is 22.1. The molecule has 0 aliphatic heterocycles. The van der Waals surface area contributed by atoms with Gasteiger partial charge in [-0.05, 0) is 88.4 Å². The minimum absolute atomic E-state index is 0.107. The van der Waals surface area contributed by atoms with Crippen LogP contribution in [0.2, 0.25) is 0 Å². The van der Waals surface area contributed by atoms with E-state index in [0.29, 0.717) is 12.8 Å². The van der Waals surface area contributed by atoms with Crippen LogP contribution in [0.15, 0.2) is 0 Å². The number of rotatable bonds is 11. The van der Waals surface area contributed by atoms with Gasteiger partial charge in [-0.15, -0.1) is 0 Å². The number of hydrogen-bond donors (Lipinski definition) is 1. The van der Waals surface area contributed by atoms with Gasteiger partial charge in [-0.2, -0.15) is 39.2 Å². The molecule has 5 rings (SSSR count). The minimum Gasteiger partial charge on any atom is -0.457 e. The van der Waals surface area contributed by atoms with Crippen molar-refractivity contribution in [1.82, 2.24) is 0 Å². The van der Waals surface area contributed by atoms with E-state index in [2.05, 4.69) is 0 Å². The Hall–Kier alpha value is -1.68.